The minimum absolute atomic E-state index is 0.462. The first kappa shape index (κ1) is 9.70. The zero-order valence-electron chi connectivity index (χ0n) is 9.78. The first-order valence-electron chi connectivity index (χ1n) is 5.95. The summed E-state index contributed by atoms with van der Waals surface area (Å²) < 4.78 is 10.2. The Hall–Kier alpha value is -0.510. The summed E-state index contributed by atoms with van der Waals surface area (Å²) in [5.41, 5.74) is 1.39. The minimum atomic E-state index is -0.462. The van der Waals surface area contributed by atoms with Gasteiger partial charge in [-0.2, -0.15) is 0 Å². The molecule has 2 rings (SSSR count). The van der Waals surface area contributed by atoms with Crippen LogP contribution in [0.4, 0.5) is 0 Å². The second kappa shape index (κ2) is 6.16. The predicted molar refractivity (Wildman–Crippen MR) is 67.5 cm³/mol. The van der Waals surface area contributed by atoms with E-state index in [0.29, 0.717) is 0 Å². The molecule has 78 valence electrons. The molecule has 0 fully saturated rings. The van der Waals surface area contributed by atoms with Gasteiger partial charge in [-0.1, -0.05) is 0 Å². The fourth-order valence-electron chi connectivity index (χ4n) is 1.66. The third kappa shape index (κ3) is 3.86. The maximum absolute atomic E-state index is 8.02. The van der Waals surface area contributed by atoms with Crippen LogP contribution in [0.3, 0.4) is 0 Å². The van der Waals surface area contributed by atoms with Crippen LogP contribution in [0.2, 0.25) is 0 Å². The molecule has 0 unspecified atom stereocenters. The van der Waals surface area contributed by atoms with Crippen LogP contribution in [-0.2, 0) is 0 Å². The average Bonchev–Trinajstić information content (AvgIpc) is 2.31. The van der Waals surface area contributed by atoms with Crippen molar-refractivity contribution in [2.75, 3.05) is 0 Å². The van der Waals surface area contributed by atoms with Gasteiger partial charge in [-0.15, -0.1) is 0 Å². The third-order valence-corrected chi connectivity index (χ3v) is 4.61. The SMILES string of the molecule is [2H]/C(=C\C1=CCCCC1)[Te]c1ccccc1. The molecule has 0 spiro atoms. The molecule has 1 aliphatic rings. The molecule has 0 saturated heterocycles. The Morgan fingerprint density at radius 3 is 2.80 bits per heavy atom. The van der Waals surface area contributed by atoms with Gasteiger partial charge in [-0.3, -0.25) is 0 Å². The van der Waals surface area contributed by atoms with Gasteiger partial charge in [0.25, 0.3) is 0 Å². The molecule has 0 atom stereocenters. The summed E-state index contributed by atoms with van der Waals surface area (Å²) in [6, 6.07) is 10.4. The van der Waals surface area contributed by atoms with Crippen LogP contribution in [0, 0.1) is 0 Å². The Bertz CT molecular complexity index is 392. The van der Waals surface area contributed by atoms with Crippen molar-refractivity contribution >= 4 is 24.5 Å². The molecule has 0 aliphatic heterocycles. The topological polar surface area (TPSA) is 0 Å². The Labute approximate surface area is 104 Å². The molecule has 0 radical (unpaired) electrons. The monoisotopic (exact) mass is 315 g/mol. The first-order chi connectivity index (χ1) is 7.84. The summed E-state index contributed by atoms with van der Waals surface area (Å²) in [6.45, 7) is 0. The van der Waals surface area contributed by atoms with Crippen LogP contribution >= 0.6 is 0 Å². The van der Waals surface area contributed by atoms with Crippen molar-refractivity contribution in [3.05, 3.63) is 52.2 Å². The maximum atomic E-state index is 8.02. The molecule has 15 heavy (non-hydrogen) atoms. The summed E-state index contributed by atoms with van der Waals surface area (Å²) >= 11 is -0.462. The van der Waals surface area contributed by atoms with Gasteiger partial charge in [0.2, 0.25) is 0 Å². The summed E-state index contributed by atoms with van der Waals surface area (Å²) in [5, 5.41) is 0. The van der Waals surface area contributed by atoms with Gasteiger partial charge in [-0.05, 0) is 0 Å². The standard InChI is InChI=1S/C14H16Te/c1-3-7-13(8-4-1)11-12-15-14-9-5-2-6-10-14/h2,5-7,9-12H,1,3-4,8H2/b12-11+/i12D. The molecule has 0 amide bonds. The van der Waals surface area contributed by atoms with E-state index in [1.165, 1.54) is 34.9 Å². The van der Waals surface area contributed by atoms with E-state index in [1.807, 2.05) is 6.07 Å². The first-order valence-corrected chi connectivity index (χ1v) is 7.78. The van der Waals surface area contributed by atoms with Crippen molar-refractivity contribution < 1.29 is 1.37 Å². The summed E-state index contributed by atoms with van der Waals surface area (Å²) in [5.74, 6) is 0. The van der Waals surface area contributed by atoms with E-state index in [1.54, 1.807) is 0 Å². The summed E-state index contributed by atoms with van der Waals surface area (Å²) in [6.07, 6.45) is 9.39. The normalized spacial score (nSPS) is 18.3. The molecule has 1 heteroatoms. The summed E-state index contributed by atoms with van der Waals surface area (Å²) in [4.78, 5) is 0. The second-order valence-electron chi connectivity index (χ2n) is 3.70. The van der Waals surface area contributed by atoms with Gasteiger partial charge >= 0.3 is 104 Å². The molecule has 0 heterocycles. The van der Waals surface area contributed by atoms with Crippen molar-refractivity contribution in [2.45, 2.75) is 25.7 Å². The fraction of sp³-hybridized carbons (Fsp3) is 0.286. The molecule has 0 saturated carbocycles. The molecule has 1 aliphatic carbocycles. The number of rotatable bonds is 3. The number of benzene rings is 1. The van der Waals surface area contributed by atoms with Gasteiger partial charge in [0.15, 0.2) is 0 Å². The van der Waals surface area contributed by atoms with E-state index in [0.717, 1.165) is 4.10 Å². The fourth-order valence-corrected chi connectivity index (χ4v) is 3.48. The van der Waals surface area contributed by atoms with Crippen LogP contribution in [0.5, 0.6) is 0 Å². The van der Waals surface area contributed by atoms with Gasteiger partial charge in [0, 0.05) is 0 Å². The quantitative estimate of drug-likeness (QED) is 0.753. The number of allylic oxidation sites excluding steroid dienone is 3. The predicted octanol–water partition coefficient (Wildman–Crippen LogP) is 3.03. The number of hydrogen-bond donors (Lipinski definition) is 0. The van der Waals surface area contributed by atoms with Crippen LogP contribution in [0.25, 0.3) is 0 Å². The van der Waals surface area contributed by atoms with E-state index < -0.39 is 20.9 Å². The Kier molecular flexibility index (Phi) is 3.98. The van der Waals surface area contributed by atoms with Crippen molar-refractivity contribution in [3.63, 3.8) is 0 Å². The Balaban J connectivity index is 1.99. The van der Waals surface area contributed by atoms with Crippen LogP contribution in [0.15, 0.2) is 52.2 Å². The molecule has 1 aromatic carbocycles. The molecule has 0 N–H and O–H groups in total. The molecule has 0 nitrogen and oxygen atoms in total. The van der Waals surface area contributed by atoms with Crippen LogP contribution in [0.1, 0.15) is 27.1 Å². The Morgan fingerprint density at radius 1 is 1.20 bits per heavy atom. The van der Waals surface area contributed by atoms with Crippen LogP contribution < -0.4 is 3.61 Å². The molecule has 0 bridgehead atoms. The molecule has 1 aromatic rings. The van der Waals surface area contributed by atoms with E-state index >= 15 is 0 Å². The average molecular weight is 313 g/mol. The van der Waals surface area contributed by atoms with Gasteiger partial charge < -0.3 is 0 Å². The van der Waals surface area contributed by atoms with Gasteiger partial charge in [0.1, 0.15) is 0 Å². The van der Waals surface area contributed by atoms with Crippen LogP contribution in [-0.4, -0.2) is 20.9 Å². The van der Waals surface area contributed by atoms with Crippen molar-refractivity contribution in [2.24, 2.45) is 0 Å². The van der Waals surface area contributed by atoms with E-state index in [2.05, 4.69) is 36.4 Å². The third-order valence-electron chi connectivity index (χ3n) is 2.49. The molecular formula is C14H16Te. The van der Waals surface area contributed by atoms with E-state index in [9.17, 15) is 0 Å². The zero-order valence-corrected chi connectivity index (χ0v) is 11.1. The Morgan fingerprint density at radius 2 is 2.07 bits per heavy atom. The van der Waals surface area contributed by atoms with Gasteiger partial charge in [-0.25, -0.2) is 0 Å². The van der Waals surface area contributed by atoms with E-state index in [4.69, 9.17) is 1.37 Å². The van der Waals surface area contributed by atoms with Crippen molar-refractivity contribution in [1.82, 2.24) is 0 Å². The summed E-state index contributed by atoms with van der Waals surface area (Å²) in [7, 11) is 0. The van der Waals surface area contributed by atoms with E-state index in [-0.39, 0.29) is 0 Å². The molecule has 0 aromatic heterocycles. The molecular weight excluding hydrogens is 296 g/mol. The van der Waals surface area contributed by atoms with Gasteiger partial charge in [0.05, 0.1) is 0 Å². The zero-order chi connectivity index (χ0) is 11.2. The van der Waals surface area contributed by atoms with Crippen molar-refractivity contribution in [3.8, 4) is 0 Å². The van der Waals surface area contributed by atoms with Crippen molar-refractivity contribution in [1.29, 1.82) is 0 Å². The number of hydrogen-bond acceptors (Lipinski definition) is 0. The second-order valence-corrected chi connectivity index (χ2v) is 6.30.